The van der Waals surface area contributed by atoms with Gasteiger partial charge in [0.25, 0.3) is 35.4 Å². The molecule has 410 valence electrons. The van der Waals surface area contributed by atoms with Crippen LogP contribution in [0, 0.1) is 0 Å². The van der Waals surface area contributed by atoms with Crippen LogP contribution < -0.4 is 41.4 Å². The summed E-state index contributed by atoms with van der Waals surface area (Å²) in [5.74, 6) is -2.66. The molecule has 25 nitrogen and oxygen atoms in total. The molecule has 1 aromatic carbocycles. The van der Waals surface area contributed by atoms with Crippen molar-refractivity contribution in [1.82, 2.24) is 32.3 Å². The van der Waals surface area contributed by atoms with Crippen molar-refractivity contribution in [2.45, 2.75) is 31.7 Å². The maximum Gasteiger partial charge on any atom is 0.354 e. The van der Waals surface area contributed by atoms with Gasteiger partial charge < -0.3 is 78.4 Å². The Labute approximate surface area is 452 Å². The first kappa shape index (κ1) is 53.7. The Kier molecular flexibility index (Phi) is 15.1. The van der Waals surface area contributed by atoms with Gasteiger partial charge in [-0.15, -0.1) is 0 Å². The third-order valence-corrected chi connectivity index (χ3v) is 13.4. The van der Waals surface area contributed by atoms with E-state index in [4.69, 9.17) is 14.2 Å². The summed E-state index contributed by atoms with van der Waals surface area (Å²) in [6.45, 7) is 0.866. The summed E-state index contributed by atoms with van der Waals surface area (Å²) in [6, 6.07) is 12.3. The number of anilines is 6. The number of carbonyl (C=O) groups excluding carboxylic acids is 8. The number of rotatable bonds is 18. The zero-order valence-electron chi connectivity index (χ0n) is 44.5. The highest BCUT2D eigenvalue weighted by Gasteiger charge is 2.33. The van der Waals surface area contributed by atoms with E-state index in [1.807, 2.05) is 4.90 Å². The standard InChI is InChI=1S/C54H58N14O11/c1-62-24-30(56-47(69)12-10-14-79-46-22-38-37(21-45(46)77-7)53(75)68-13-9-11-36(68)23-55-38)15-39(62)48(70)57-31-16-40(63(2)25-31)49(71)58-32-17-41(64(3)26-32)50(72)59-33-18-42(65(4)27-33)51(73)60-34-19-43(66(5)28-34)52(74)61-35-20-44(54(76)78-8)67(6)29-35/h15-29,36H,9-14H2,1-8H3,(H,56,69)(H,57,70)(H,58,71)(H,59,72)(H,60,73)(H,61,74)/t36-/m0/s1. The highest BCUT2D eigenvalue weighted by atomic mass is 16.5. The molecule has 0 saturated carbocycles. The number of hydrogen-bond acceptors (Lipinski definition) is 12. The van der Waals surface area contributed by atoms with Crippen LogP contribution in [0.25, 0.3) is 0 Å². The number of ether oxygens (including phenoxy) is 3. The molecule has 9 rings (SSSR count). The van der Waals surface area contributed by atoms with Crippen molar-refractivity contribution in [2.75, 3.05) is 59.3 Å². The fraction of sp³-hybridized carbons (Fsp3) is 0.278. The molecule has 1 saturated heterocycles. The largest absolute Gasteiger partial charge is 0.493 e. The Morgan fingerprint density at radius 2 is 0.924 bits per heavy atom. The number of amides is 7. The summed E-state index contributed by atoms with van der Waals surface area (Å²) in [5.41, 5.74) is 4.34. The van der Waals surface area contributed by atoms with E-state index < -0.39 is 35.5 Å². The lowest BCUT2D eigenvalue weighted by Gasteiger charge is -2.20. The van der Waals surface area contributed by atoms with Gasteiger partial charge in [0.15, 0.2) is 11.5 Å². The van der Waals surface area contributed by atoms with E-state index in [2.05, 4.69) is 36.9 Å². The van der Waals surface area contributed by atoms with Gasteiger partial charge in [0.2, 0.25) is 5.91 Å². The van der Waals surface area contributed by atoms with Crippen LogP contribution in [0.2, 0.25) is 0 Å². The number of fused-ring (bicyclic) bond motifs is 2. The number of benzene rings is 1. The van der Waals surface area contributed by atoms with Crippen LogP contribution in [0.5, 0.6) is 11.5 Å². The highest BCUT2D eigenvalue weighted by molar-refractivity contribution is 6.11. The molecule has 1 fully saturated rings. The number of hydrogen-bond donors (Lipinski definition) is 6. The van der Waals surface area contributed by atoms with Crippen molar-refractivity contribution >= 4 is 93.3 Å². The summed E-state index contributed by atoms with van der Waals surface area (Å²) in [7, 11) is 12.6. The van der Waals surface area contributed by atoms with Crippen molar-refractivity contribution in [3.63, 3.8) is 0 Å². The second kappa shape index (κ2) is 22.3. The monoisotopic (exact) mass is 1080 g/mol. The van der Waals surface area contributed by atoms with E-state index in [1.54, 1.807) is 102 Å². The second-order valence-corrected chi connectivity index (χ2v) is 19.1. The zero-order valence-corrected chi connectivity index (χ0v) is 44.5. The molecule has 6 aromatic heterocycles. The highest BCUT2D eigenvalue weighted by Crippen LogP contribution is 2.38. The predicted octanol–water partition coefficient (Wildman–Crippen LogP) is 5.89. The minimum atomic E-state index is -0.556. The summed E-state index contributed by atoms with van der Waals surface area (Å²) >= 11 is 0. The van der Waals surface area contributed by atoms with Crippen LogP contribution in [0.1, 0.15) is 99.0 Å². The minimum Gasteiger partial charge on any atom is -0.493 e. The number of aliphatic imine (C=N–C) groups is 1. The molecule has 0 aliphatic carbocycles. The van der Waals surface area contributed by atoms with Crippen molar-refractivity contribution < 1.29 is 52.6 Å². The Hall–Kier alpha value is -10.1. The fourth-order valence-electron chi connectivity index (χ4n) is 9.47. The van der Waals surface area contributed by atoms with E-state index in [1.165, 1.54) is 73.5 Å². The lowest BCUT2D eigenvalue weighted by molar-refractivity contribution is -0.116. The Balaban J connectivity index is 0.741. The van der Waals surface area contributed by atoms with E-state index in [0.29, 0.717) is 69.8 Å². The Morgan fingerprint density at radius 3 is 1.33 bits per heavy atom. The fourth-order valence-corrected chi connectivity index (χ4v) is 9.47. The third-order valence-electron chi connectivity index (χ3n) is 13.4. The molecule has 0 radical (unpaired) electrons. The molecular formula is C54H58N14O11. The number of aromatic nitrogens is 6. The van der Waals surface area contributed by atoms with Gasteiger partial charge in [0.1, 0.15) is 34.2 Å². The van der Waals surface area contributed by atoms with Crippen LogP contribution in [-0.2, 0) is 51.8 Å². The number of aryl methyl sites for hydroxylation is 6. The summed E-state index contributed by atoms with van der Waals surface area (Å²) in [4.78, 5) is 112. The molecule has 2 aliphatic heterocycles. The average Bonchev–Trinajstić information content (AvgIpc) is 4.39. The van der Waals surface area contributed by atoms with Crippen molar-refractivity contribution in [3.05, 3.63) is 125 Å². The molecule has 7 aromatic rings. The summed E-state index contributed by atoms with van der Waals surface area (Å²) in [6.07, 6.45) is 13.5. The first-order valence-corrected chi connectivity index (χ1v) is 24.9. The molecule has 0 unspecified atom stereocenters. The van der Waals surface area contributed by atoms with E-state index in [9.17, 15) is 38.4 Å². The molecule has 2 aliphatic rings. The number of esters is 1. The van der Waals surface area contributed by atoms with E-state index in [-0.39, 0.29) is 65.0 Å². The van der Waals surface area contributed by atoms with Crippen LogP contribution in [-0.4, -0.2) is 119 Å². The van der Waals surface area contributed by atoms with Crippen molar-refractivity contribution in [2.24, 2.45) is 47.3 Å². The number of carbonyl (C=O) groups is 8. The zero-order chi connectivity index (χ0) is 56.4. The SMILES string of the molecule is COC(=O)c1cc(NC(=O)c2cc(NC(=O)c3cc(NC(=O)c4cc(NC(=O)c5cc(NC(=O)c6cc(NC(=O)CCCOc7cc8c(cc7OC)C(=O)N7CCC[C@H]7C=N8)cn6C)cn5C)cn4C)cn3C)cn2C)cn1C. The molecule has 0 spiro atoms. The second-order valence-electron chi connectivity index (χ2n) is 19.1. The lowest BCUT2D eigenvalue weighted by Crippen LogP contribution is -2.35. The van der Waals surface area contributed by atoms with Crippen molar-refractivity contribution in [1.29, 1.82) is 0 Å². The summed E-state index contributed by atoms with van der Waals surface area (Å²) in [5, 5.41) is 16.7. The average molecular weight is 1080 g/mol. The molecule has 25 heteroatoms. The van der Waals surface area contributed by atoms with Crippen LogP contribution in [0.3, 0.4) is 0 Å². The maximum absolute atomic E-state index is 13.5. The summed E-state index contributed by atoms with van der Waals surface area (Å²) < 4.78 is 25.5. The van der Waals surface area contributed by atoms with E-state index >= 15 is 0 Å². The smallest absolute Gasteiger partial charge is 0.354 e. The molecule has 0 bridgehead atoms. The molecule has 1 atom stereocenters. The predicted molar refractivity (Wildman–Crippen MR) is 292 cm³/mol. The van der Waals surface area contributed by atoms with Crippen LogP contribution in [0.4, 0.5) is 39.8 Å². The van der Waals surface area contributed by atoms with Gasteiger partial charge in [-0.3, -0.25) is 38.6 Å². The van der Waals surface area contributed by atoms with Gasteiger partial charge in [-0.05, 0) is 61.7 Å². The number of nitrogens with zero attached hydrogens (tertiary/aromatic N) is 8. The van der Waals surface area contributed by atoms with Gasteiger partial charge in [-0.25, -0.2) is 4.79 Å². The molecular weight excluding hydrogens is 1020 g/mol. The molecule has 7 amide bonds. The number of methoxy groups -OCH3 is 2. The third kappa shape index (κ3) is 11.5. The number of nitrogens with one attached hydrogen (secondary N) is 6. The quantitative estimate of drug-likeness (QED) is 0.0435. The van der Waals surface area contributed by atoms with Crippen LogP contribution in [0.15, 0.2) is 90.7 Å². The van der Waals surface area contributed by atoms with E-state index in [0.717, 1.165) is 12.8 Å². The van der Waals surface area contributed by atoms with Gasteiger partial charge in [0, 0.05) is 105 Å². The lowest BCUT2D eigenvalue weighted by atomic mass is 10.1. The molecule has 79 heavy (non-hydrogen) atoms. The van der Waals surface area contributed by atoms with Gasteiger partial charge in [0.05, 0.1) is 72.2 Å². The first-order chi connectivity index (χ1) is 37.8. The van der Waals surface area contributed by atoms with Gasteiger partial charge in [-0.1, -0.05) is 0 Å². The van der Waals surface area contributed by atoms with Gasteiger partial charge in [-0.2, -0.15) is 0 Å². The first-order valence-electron chi connectivity index (χ1n) is 24.9. The van der Waals surface area contributed by atoms with Crippen molar-refractivity contribution in [3.8, 4) is 11.5 Å². The van der Waals surface area contributed by atoms with Gasteiger partial charge >= 0.3 is 5.97 Å². The minimum absolute atomic E-state index is 0.0298. The molecule has 8 heterocycles. The normalized spacial score (nSPS) is 13.5. The maximum atomic E-state index is 13.5. The Bertz CT molecular complexity index is 3640. The molecule has 6 N–H and O–H groups in total. The topological polar surface area (TPSA) is 282 Å². The Morgan fingerprint density at radius 1 is 0.532 bits per heavy atom. The van der Waals surface area contributed by atoms with Crippen LogP contribution >= 0.6 is 0 Å².